The molecule has 1 heterocycles. The number of rotatable bonds is 8. The number of hydrogen-bond acceptors (Lipinski definition) is 4. The molecule has 1 amide bonds. The second-order valence-corrected chi connectivity index (χ2v) is 5.37. The zero-order chi connectivity index (χ0) is 14.3. The van der Waals surface area contributed by atoms with Crippen LogP contribution >= 0.6 is 0 Å². The van der Waals surface area contributed by atoms with Gasteiger partial charge in [0.25, 0.3) is 0 Å². The number of carbonyl (C=O) groups is 2. The first-order valence-corrected chi connectivity index (χ1v) is 7.32. The standard InChI is InChI=1S/C14H27N3O2/c1-4-12(11(3)18)15-8-5-9-16-14(19)13-7-6-10(2)17-13/h10,12-13,15,17H,4-9H2,1-3H3,(H,16,19)/t10?,12?,13-/m0/s1. The predicted octanol–water partition coefficient (Wildman–Crippen LogP) is 0.590. The van der Waals surface area contributed by atoms with Crippen molar-refractivity contribution in [3.8, 4) is 0 Å². The Morgan fingerprint density at radius 2 is 2.05 bits per heavy atom. The predicted molar refractivity (Wildman–Crippen MR) is 76.0 cm³/mol. The first-order chi connectivity index (χ1) is 9.04. The molecular formula is C14H27N3O2. The minimum atomic E-state index is -0.0481. The average molecular weight is 269 g/mol. The van der Waals surface area contributed by atoms with Gasteiger partial charge in [0.15, 0.2) is 0 Å². The van der Waals surface area contributed by atoms with Gasteiger partial charge in [-0.1, -0.05) is 6.92 Å². The van der Waals surface area contributed by atoms with Gasteiger partial charge < -0.3 is 16.0 Å². The van der Waals surface area contributed by atoms with Gasteiger partial charge in [0, 0.05) is 12.6 Å². The van der Waals surface area contributed by atoms with Crippen molar-refractivity contribution in [1.82, 2.24) is 16.0 Å². The molecule has 5 nitrogen and oxygen atoms in total. The molecule has 3 atom stereocenters. The second-order valence-electron chi connectivity index (χ2n) is 5.37. The summed E-state index contributed by atoms with van der Waals surface area (Å²) in [6.07, 6.45) is 3.65. The maximum atomic E-state index is 11.8. The zero-order valence-electron chi connectivity index (χ0n) is 12.3. The summed E-state index contributed by atoms with van der Waals surface area (Å²) < 4.78 is 0. The van der Waals surface area contributed by atoms with Crippen LogP contribution in [0.5, 0.6) is 0 Å². The highest BCUT2D eigenvalue weighted by Gasteiger charge is 2.25. The van der Waals surface area contributed by atoms with Crippen LogP contribution in [0.25, 0.3) is 0 Å². The first kappa shape index (κ1) is 16.1. The Bertz CT molecular complexity index is 307. The second kappa shape index (κ2) is 8.27. The maximum absolute atomic E-state index is 11.8. The molecule has 1 aliphatic rings. The van der Waals surface area contributed by atoms with Crippen LogP contribution in [0.3, 0.4) is 0 Å². The third-order valence-corrected chi connectivity index (χ3v) is 3.63. The molecule has 3 N–H and O–H groups in total. The van der Waals surface area contributed by atoms with Gasteiger partial charge in [-0.2, -0.15) is 0 Å². The lowest BCUT2D eigenvalue weighted by atomic mass is 10.1. The largest absolute Gasteiger partial charge is 0.355 e. The van der Waals surface area contributed by atoms with Gasteiger partial charge in [-0.15, -0.1) is 0 Å². The molecule has 0 radical (unpaired) electrons. The zero-order valence-corrected chi connectivity index (χ0v) is 12.3. The molecule has 0 aromatic carbocycles. The summed E-state index contributed by atoms with van der Waals surface area (Å²) in [6.45, 7) is 7.12. The Hall–Kier alpha value is -0.940. The molecule has 110 valence electrons. The van der Waals surface area contributed by atoms with Gasteiger partial charge in [-0.05, 0) is 46.1 Å². The van der Waals surface area contributed by atoms with Gasteiger partial charge in [-0.25, -0.2) is 0 Å². The topological polar surface area (TPSA) is 70.2 Å². The van der Waals surface area contributed by atoms with Crippen LogP contribution in [0.1, 0.15) is 46.5 Å². The monoisotopic (exact) mass is 269 g/mol. The molecule has 1 aliphatic heterocycles. The number of ketones is 1. The fraction of sp³-hybridized carbons (Fsp3) is 0.857. The maximum Gasteiger partial charge on any atom is 0.237 e. The summed E-state index contributed by atoms with van der Waals surface area (Å²) in [5, 5.41) is 9.41. The average Bonchev–Trinajstić information content (AvgIpc) is 2.79. The Balaban J connectivity index is 2.07. The molecule has 0 spiro atoms. The molecule has 0 aromatic heterocycles. The first-order valence-electron chi connectivity index (χ1n) is 7.32. The molecule has 5 heteroatoms. The number of hydrogen-bond donors (Lipinski definition) is 3. The molecule has 1 rings (SSSR count). The van der Waals surface area contributed by atoms with E-state index in [4.69, 9.17) is 0 Å². The Morgan fingerprint density at radius 3 is 2.58 bits per heavy atom. The van der Waals surface area contributed by atoms with E-state index in [1.807, 2.05) is 6.92 Å². The molecule has 1 fully saturated rings. The minimum absolute atomic E-state index is 0.0245. The van der Waals surface area contributed by atoms with Crippen LogP contribution < -0.4 is 16.0 Å². The van der Waals surface area contributed by atoms with E-state index in [0.29, 0.717) is 12.6 Å². The van der Waals surface area contributed by atoms with Crippen LogP contribution in [0, 0.1) is 0 Å². The van der Waals surface area contributed by atoms with Gasteiger partial charge >= 0.3 is 0 Å². The van der Waals surface area contributed by atoms with Crippen LogP contribution in [0.15, 0.2) is 0 Å². The van der Waals surface area contributed by atoms with Crippen molar-refractivity contribution in [2.45, 2.75) is 64.6 Å². The van der Waals surface area contributed by atoms with Crippen molar-refractivity contribution in [3.63, 3.8) is 0 Å². The highest BCUT2D eigenvalue weighted by molar-refractivity contribution is 5.82. The third kappa shape index (κ3) is 5.70. The lowest BCUT2D eigenvalue weighted by Crippen LogP contribution is -2.43. The van der Waals surface area contributed by atoms with Crippen LogP contribution in [0.4, 0.5) is 0 Å². The molecule has 0 saturated carbocycles. The summed E-state index contributed by atoms with van der Waals surface area (Å²) in [7, 11) is 0. The number of nitrogens with one attached hydrogen (secondary N) is 3. The highest BCUT2D eigenvalue weighted by atomic mass is 16.2. The molecule has 19 heavy (non-hydrogen) atoms. The molecule has 0 aliphatic carbocycles. The summed E-state index contributed by atoms with van der Waals surface area (Å²) in [4.78, 5) is 23.0. The Labute approximate surface area is 115 Å². The van der Waals surface area contributed by atoms with Gasteiger partial charge in [-0.3, -0.25) is 9.59 Å². The van der Waals surface area contributed by atoms with E-state index in [9.17, 15) is 9.59 Å². The summed E-state index contributed by atoms with van der Waals surface area (Å²) in [6, 6.07) is 0.370. The number of amides is 1. The van der Waals surface area contributed by atoms with E-state index in [0.717, 1.165) is 32.2 Å². The van der Waals surface area contributed by atoms with E-state index in [2.05, 4.69) is 22.9 Å². The van der Waals surface area contributed by atoms with Crippen molar-refractivity contribution in [1.29, 1.82) is 0 Å². The number of carbonyl (C=O) groups excluding carboxylic acids is 2. The molecule has 0 bridgehead atoms. The summed E-state index contributed by atoms with van der Waals surface area (Å²) in [5.41, 5.74) is 0. The fourth-order valence-electron chi connectivity index (χ4n) is 2.41. The van der Waals surface area contributed by atoms with Crippen molar-refractivity contribution in [2.75, 3.05) is 13.1 Å². The van der Waals surface area contributed by atoms with Crippen molar-refractivity contribution >= 4 is 11.7 Å². The lowest BCUT2D eigenvalue weighted by molar-refractivity contribution is -0.123. The normalized spacial score (nSPS) is 24.2. The minimum Gasteiger partial charge on any atom is -0.355 e. The smallest absolute Gasteiger partial charge is 0.237 e. The fourth-order valence-corrected chi connectivity index (χ4v) is 2.41. The Kier molecular flexibility index (Phi) is 7.02. The van der Waals surface area contributed by atoms with Crippen LogP contribution in [-0.2, 0) is 9.59 Å². The van der Waals surface area contributed by atoms with Crippen molar-refractivity contribution in [2.24, 2.45) is 0 Å². The van der Waals surface area contributed by atoms with Gasteiger partial charge in [0.2, 0.25) is 5.91 Å². The van der Waals surface area contributed by atoms with E-state index in [-0.39, 0.29) is 23.8 Å². The van der Waals surface area contributed by atoms with E-state index in [1.54, 1.807) is 6.92 Å². The summed E-state index contributed by atoms with van der Waals surface area (Å²) in [5.74, 6) is 0.277. The van der Waals surface area contributed by atoms with Crippen LogP contribution in [-0.4, -0.2) is 42.9 Å². The van der Waals surface area contributed by atoms with E-state index in [1.165, 1.54) is 0 Å². The molecular weight excluding hydrogens is 242 g/mol. The van der Waals surface area contributed by atoms with Gasteiger partial charge in [0.1, 0.15) is 5.78 Å². The van der Waals surface area contributed by atoms with Crippen molar-refractivity contribution in [3.05, 3.63) is 0 Å². The van der Waals surface area contributed by atoms with Gasteiger partial charge in [0.05, 0.1) is 12.1 Å². The Morgan fingerprint density at radius 1 is 1.32 bits per heavy atom. The SMILES string of the molecule is CCC(NCCCNC(=O)[C@@H]1CCC(C)N1)C(C)=O. The summed E-state index contributed by atoms with van der Waals surface area (Å²) >= 11 is 0. The van der Waals surface area contributed by atoms with E-state index >= 15 is 0 Å². The van der Waals surface area contributed by atoms with Crippen LogP contribution in [0.2, 0.25) is 0 Å². The number of Topliss-reactive ketones (excluding diaryl/α,β-unsaturated/α-hetero) is 1. The quantitative estimate of drug-likeness (QED) is 0.564. The molecule has 1 saturated heterocycles. The van der Waals surface area contributed by atoms with Crippen molar-refractivity contribution < 1.29 is 9.59 Å². The van der Waals surface area contributed by atoms with E-state index < -0.39 is 0 Å². The highest BCUT2D eigenvalue weighted by Crippen LogP contribution is 2.11. The lowest BCUT2D eigenvalue weighted by Gasteiger charge is -2.15. The molecule has 0 aromatic rings. The third-order valence-electron chi connectivity index (χ3n) is 3.63. The molecule has 2 unspecified atom stereocenters.